The molecule has 0 aliphatic heterocycles. The number of ether oxygens (including phenoxy) is 1. The molecule has 0 fully saturated rings. The van der Waals surface area contributed by atoms with Gasteiger partial charge < -0.3 is 4.74 Å². The van der Waals surface area contributed by atoms with Crippen LogP contribution in [0.1, 0.15) is 37.7 Å². The number of halogens is 2. The Morgan fingerprint density at radius 2 is 2.00 bits per heavy atom. The molecule has 1 aromatic rings. The molecule has 0 unspecified atom stereocenters. The van der Waals surface area contributed by atoms with Crippen LogP contribution in [-0.4, -0.2) is 6.61 Å². The molecule has 0 aromatic heterocycles. The number of unbranched alkanes of at least 4 members (excludes halogenated alkanes) is 4. The van der Waals surface area contributed by atoms with E-state index in [2.05, 4.69) is 12.5 Å². The zero-order chi connectivity index (χ0) is 13.9. The molecule has 0 saturated heterocycles. The summed E-state index contributed by atoms with van der Waals surface area (Å²) in [6, 6.07) is 4.19. The van der Waals surface area contributed by atoms with Crippen molar-refractivity contribution in [2.45, 2.75) is 32.1 Å². The first-order chi connectivity index (χ1) is 9.27. The summed E-state index contributed by atoms with van der Waals surface area (Å²) in [5.41, 5.74) is 0.303. The second kappa shape index (κ2) is 9.16. The maximum atomic E-state index is 13.5. The number of rotatable bonds is 8. The highest BCUT2D eigenvalue weighted by Gasteiger charge is 2.03. The van der Waals surface area contributed by atoms with Crippen molar-refractivity contribution in [3.63, 3.8) is 0 Å². The van der Waals surface area contributed by atoms with Crippen LogP contribution in [-0.2, 0) is 0 Å². The standard InChI is InChI=1S/C16H18F2O/c1-2-3-4-5-6-7-12-19-16-9-8-14(10-11-17)13-15(16)18/h2,8-9,13H,1,3-7,12H2. The average molecular weight is 264 g/mol. The number of benzene rings is 1. The van der Waals surface area contributed by atoms with Gasteiger partial charge >= 0.3 is 0 Å². The number of hydrogen-bond acceptors (Lipinski definition) is 1. The minimum atomic E-state index is -0.507. The minimum absolute atomic E-state index is 0.190. The summed E-state index contributed by atoms with van der Waals surface area (Å²) in [6.45, 7) is 4.15. The number of hydrogen-bond donors (Lipinski definition) is 0. The van der Waals surface area contributed by atoms with Crippen LogP contribution in [0.4, 0.5) is 8.78 Å². The lowest BCUT2D eigenvalue weighted by molar-refractivity contribution is 0.290. The molecule has 1 aromatic carbocycles. The Morgan fingerprint density at radius 3 is 2.68 bits per heavy atom. The Morgan fingerprint density at radius 1 is 1.21 bits per heavy atom. The van der Waals surface area contributed by atoms with Crippen molar-refractivity contribution < 1.29 is 13.5 Å². The maximum Gasteiger partial charge on any atom is 0.166 e. The highest BCUT2D eigenvalue weighted by atomic mass is 19.1. The topological polar surface area (TPSA) is 9.23 Å². The summed E-state index contributed by atoms with van der Waals surface area (Å²) in [4.78, 5) is 0. The van der Waals surface area contributed by atoms with Crippen molar-refractivity contribution in [3.8, 4) is 17.8 Å². The molecule has 0 bridgehead atoms. The van der Waals surface area contributed by atoms with Crippen LogP contribution in [0.25, 0.3) is 0 Å². The molecule has 102 valence electrons. The van der Waals surface area contributed by atoms with E-state index in [0.717, 1.165) is 32.1 Å². The molecule has 0 aliphatic carbocycles. The van der Waals surface area contributed by atoms with E-state index in [-0.39, 0.29) is 5.75 Å². The molecular weight excluding hydrogens is 246 g/mol. The fourth-order valence-corrected chi connectivity index (χ4v) is 1.68. The van der Waals surface area contributed by atoms with E-state index in [9.17, 15) is 8.78 Å². The monoisotopic (exact) mass is 264 g/mol. The smallest absolute Gasteiger partial charge is 0.166 e. The minimum Gasteiger partial charge on any atom is -0.491 e. The van der Waals surface area contributed by atoms with E-state index in [4.69, 9.17) is 4.74 Å². The Kier molecular flexibility index (Phi) is 7.34. The molecule has 0 saturated carbocycles. The lowest BCUT2D eigenvalue weighted by Crippen LogP contribution is -1.99. The fraction of sp³-hybridized carbons (Fsp3) is 0.375. The van der Waals surface area contributed by atoms with E-state index in [1.165, 1.54) is 24.4 Å². The van der Waals surface area contributed by atoms with Gasteiger partial charge in [0.15, 0.2) is 11.6 Å². The van der Waals surface area contributed by atoms with Crippen LogP contribution in [0.2, 0.25) is 0 Å². The average Bonchev–Trinajstić information content (AvgIpc) is 2.40. The molecule has 1 nitrogen and oxygen atoms in total. The van der Waals surface area contributed by atoms with Crippen molar-refractivity contribution in [3.05, 3.63) is 42.2 Å². The summed E-state index contributed by atoms with van der Waals surface area (Å²) < 4.78 is 30.6. The molecule has 19 heavy (non-hydrogen) atoms. The highest BCUT2D eigenvalue weighted by molar-refractivity contribution is 5.38. The third-order valence-corrected chi connectivity index (χ3v) is 2.68. The quantitative estimate of drug-likeness (QED) is 0.378. The molecular formula is C16H18F2O. The van der Waals surface area contributed by atoms with E-state index in [1.54, 1.807) is 0 Å². The SMILES string of the molecule is C=CCCCCCCOc1ccc(C#CF)cc1F. The summed E-state index contributed by atoms with van der Waals surface area (Å²) in [5.74, 6) is 1.83. The Labute approximate surface area is 113 Å². The van der Waals surface area contributed by atoms with E-state index >= 15 is 0 Å². The largest absolute Gasteiger partial charge is 0.491 e. The van der Waals surface area contributed by atoms with Gasteiger partial charge in [-0.3, -0.25) is 0 Å². The van der Waals surface area contributed by atoms with Gasteiger partial charge in [-0.25, -0.2) is 4.39 Å². The maximum absolute atomic E-state index is 13.5. The van der Waals surface area contributed by atoms with Gasteiger partial charge in [0.05, 0.1) is 6.61 Å². The van der Waals surface area contributed by atoms with Gasteiger partial charge in [-0.1, -0.05) is 18.9 Å². The first kappa shape index (κ1) is 15.2. The zero-order valence-electron chi connectivity index (χ0n) is 10.9. The van der Waals surface area contributed by atoms with E-state index < -0.39 is 5.82 Å². The number of allylic oxidation sites excluding steroid dienone is 1. The van der Waals surface area contributed by atoms with Crippen LogP contribution < -0.4 is 4.74 Å². The van der Waals surface area contributed by atoms with Gasteiger partial charge in [0, 0.05) is 5.56 Å². The molecule has 0 aliphatic rings. The zero-order valence-corrected chi connectivity index (χ0v) is 10.9. The molecule has 0 amide bonds. The Balaban J connectivity index is 2.29. The third-order valence-electron chi connectivity index (χ3n) is 2.68. The summed E-state index contributed by atoms with van der Waals surface area (Å²) in [6.07, 6.45) is 8.40. The van der Waals surface area contributed by atoms with Crippen LogP contribution >= 0.6 is 0 Å². The molecule has 0 radical (unpaired) electrons. The Bertz CT molecular complexity index is 458. The van der Waals surface area contributed by atoms with Crippen LogP contribution in [0.5, 0.6) is 5.75 Å². The predicted octanol–water partition coefficient (Wildman–Crippen LogP) is 4.62. The van der Waals surface area contributed by atoms with Gasteiger partial charge in [0.25, 0.3) is 0 Å². The predicted molar refractivity (Wildman–Crippen MR) is 73.2 cm³/mol. The van der Waals surface area contributed by atoms with Gasteiger partial charge in [0.2, 0.25) is 0 Å². The highest BCUT2D eigenvalue weighted by Crippen LogP contribution is 2.18. The van der Waals surface area contributed by atoms with Crippen LogP contribution in [0, 0.1) is 17.9 Å². The van der Waals surface area contributed by atoms with Gasteiger partial charge in [0.1, 0.15) is 6.17 Å². The third kappa shape index (κ3) is 6.05. The second-order valence-corrected chi connectivity index (χ2v) is 4.20. The van der Waals surface area contributed by atoms with E-state index in [1.807, 2.05) is 6.08 Å². The van der Waals surface area contributed by atoms with Crippen LogP contribution in [0.3, 0.4) is 0 Å². The fourth-order valence-electron chi connectivity index (χ4n) is 1.68. The molecule has 3 heteroatoms. The van der Waals surface area contributed by atoms with Crippen molar-refractivity contribution in [1.29, 1.82) is 0 Å². The molecule has 0 N–H and O–H groups in total. The van der Waals surface area contributed by atoms with Gasteiger partial charge in [-0.05, 0) is 43.4 Å². The van der Waals surface area contributed by atoms with Crippen molar-refractivity contribution >= 4 is 0 Å². The van der Waals surface area contributed by atoms with Crippen LogP contribution in [0.15, 0.2) is 30.9 Å². The first-order valence-electron chi connectivity index (χ1n) is 6.43. The van der Waals surface area contributed by atoms with Crippen molar-refractivity contribution in [2.75, 3.05) is 6.61 Å². The van der Waals surface area contributed by atoms with Crippen molar-refractivity contribution in [2.24, 2.45) is 0 Å². The summed E-state index contributed by atoms with van der Waals surface area (Å²) in [7, 11) is 0. The Hall–Kier alpha value is -1.82. The van der Waals surface area contributed by atoms with Gasteiger partial charge in [-0.15, -0.1) is 11.0 Å². The molecule has 0 heterocycles. The van der Waals surface area contributed by atoms with Crippen molar-refractivity contribution in [1.82, 2.24) is 0 Å². The normalized spacial score (nSPS) is 9.58. The lowest BCUT2D eigenvalue weighted by atomic mass is 10.1. The summed E-state index contributed by atoms with van der Waals surface area (Å²) >= 11 is 0. The lowest BCUT2D eigenvalue weighted by Gasteiger charge is -2.07. The van der Waals surface area contributed by atoms with Gasteiger partial charge in [-0.2, -0.15) is 0 Å². The molecule has 0 atom stereocenters. The second-order valence-electron chi connectivity index (χ2n) is 4.20. The summed E-state index contributed by atoms with van der Waals surface area (Å²) in [5, 5.41) is 0. The first-order valence-corrected chi connectivity index (χ1v) is 6.43. The molecule has 1 rings (SSSR count). The molecule has 0 spiro atoms. The van der Waals surface area contributed by atoms with E-state index in [0.29, 0.717) is 12.2 Å².